The Kier molecular flexibility index (Phi) is 4.64. The Labute approximate surface area is 133 Å². The summed E-state index contributed by atoms with van der Waals surface area (Å²) in [7, 11) is 0. The maximum atomic E-state index is 13.5. The molecule has 1 saturated heterocycles. The zero-order valence-corrected chi connectivity index (χ0v) is 12.6. The molecule has 0 spiro atoms. The van der Waals surface area contributed by atoms with E-state index in [0.29, 0.717) is 18.7 Å². The van der Waals surface area contributed by atoms with Crippen molar-refractivity contribution in [2.45, 2.75) is 12.6 Å². The summed E-state index contributed by atoms with van der Waals surface area (Å²) < 4.78 is 13.5. The Balaban J connectivity index is 1.87. The van der Waals surface area contributed by atoms with Gasteiger partial charge in [0.1, 0.15) is 5.82 Å². The van der Waals surface area contributed by atoms with Crippen molar-refractivity contribution in [1.82, 2.24) is 10.2 Å². The first-order chi connectivity index (χ1) is 11.1. The minimum absolute atomic E-state index is 0.000685. The molecule has 3 rings (SSSR count). The fraction of sp³-hybridized carbons (Fsp3) is 0.294. The third-order valence-corrected chi connectivity index (χ3v) is 4.15. The number of hydrogen-bond donors (Lipinski definition) is 1. The van der Waals surface area contributed by atoms with Gasteiger partial charge in [0.25, 0.3) is 5.69 Å². The Morgan fingerprint density at radius 2 is 2.09 bits per heavy atom. The van der Waals surface area contributed by atoms with Gasteiger partial charge in [0.15, 0.2) is 0 Å². The number of halogens is 1. The first kappa shape index (κ1) is 15.6. The van der Waals surface area contributed by atoms with Crippen LogP contribution in [0.25, 0.3) is 0 Å². The van der Waals surface area contributed by atoms with Crippen LogP contribution in [0.1, 0.15) is 17.2 Å². The zero-order chi connectivity index (χ0) is 16.2. The Morgan fingerprint density at radius 1 is 1.26 bits per heavy atom. The fourth-order valence-corrected chi connectivity index (χ4v) is 3.02. The molecule has 1 unspecified atom stereocenters. The number of nitro benzene ring substituents is 1. The van der Waals surface area contributed by atoms with Crippen molar-refractivity contribution in [2.75, 3.05) is 19.6 Å². The number of rotatable bonds is 4. The maximum absolute atomic E-state index is 13.5. The van der Waals surface area contributed by atoms with Crippen LogP contribution in [0, 0.1) is 15.9 Å². The molecule has 23 heavy (non-hydrogen) atoms. The highest BCUT2D eigenvalue weighted by Gasteiger charge is 2.26. The third kappa shape index (κ3) is 3.55. The molecule has 1 fully saturated rings. The van der Waals surface area contributed by atoms with Gasteiger partial charge in [0.05, 0.1) is 4.92 Å². The van der Waals surface area contributed by atoms with E-state index < -0.39 is 0 Å². The number of nitrogens with zero attached hydrogens (tertiary/aromatic N) is 2. The molecule has 1 heterocycles. The molecule has 6 heteroatoms. The number of benzene rings is 2. The molecule has 0 saturated carbocycles. The lowest BCUT2D eigenvalue weighted by molar-refractivity contribution is -0.385. The highest BCUT2D eigenvalue weighted by atomic mass is 19.1. The number of nitrogens with one attached hydrogen (secondary N) is 1. The summed E-state index contributed by atoms with van der Waals surface area (Å²) in [6.07, 6.45) is 0. The van der Waals surface area contributed by atoms with Gasteiger partial charge in [-0.3, -0.25) is 15.0 Å². The second-order valence-electron chi connectivity index (χ2n) is 5.63. The van der Waals surface area contributed by atoms with Crippen LogP contribution >= 0.6 is 0 Å². The second kappa shape index (κ2) is 6.85. The quantitative estimate of drug-likeness (QED) is 0.696. The standard InChI is InChI=1S/C17H18FN3O2/c18-15-6-3-5-13(10-15)17-11-19-8-9-20(17)12-14-4-1-2-7-16(14)21(22)23/h1-7,10,17,19H,8-9,11-12H2. The summed E-state index contributed by atoms with van der Waals surface area (Å²) in [5, 5.41) is 14.5. The Bertz CT molecular complexity index is 708. The molecular weight excluding hydrogens is 297 g/mol. The normalized spacial score (nSPS) is 18.7. The molecule has 2 aromatic rings. The predicted octanol–water partition coefficient (Wildman–Crippen LogP) is 2.88. The van der Waals surface area contributed by atoms with E-state index in [-0.39, 0.29) is 22.5 Å². The summed E-state index contributed by atoms with van der Waals surface area (Å²) in [4.78, 5) is 13.0. The molecule has 0 aromatic heterocycles. The number of para-hydroxylation sites is 1. The van der Waals surface area contributed by atoms with Crippen LogP contribution < -0.4 is 5.32 Å². The lowest BCUT2D eigenvalue weighted by Gasteiger charge is -2.36. The van der Waals surface area contributed by atoms with Gasteiger partial charge in [-0.2, -0.15) is 0 Å². The van der Waals surface area contributed by atoms with Gasteiger partial charge in [-0.1, -0.05) is 30.3 Å². The van der Waals surface area contributed by atoms with Crippen molar-refractivity contribution in [3.8, 4) is 0 Å². The van der Waals surface area contributed by atoms with Gasteiger partial charge in [-0.15, -0.1) is 0 Å². The van der Waals surface area contributed by atoms with Gasteiger partial charge >= 0.3 is 0 Å². The van der Waals surface area contributed by atoms with E-state index in [0.717, 1.165) is 18.7 Å². The summed E-state index contributed by atoms with van der Waals surface area (Å²) in [6.45, 7) is 2.74. The van der Waals surface area contributed by atoms with Gasteiger partial charge in [0, 0.05) is 43.9 Å². The summed E-state index contributed by atoms with van der Waals surface area (Å²) in [5.41, 5.74) is 1.70. The molecule has 120 valence electrons. The predicted molar refractivity (Wildman–Crippen MR) is 85.5 cm³/mol. The lowest BCUT2D eigenvalue weighted by atomic mass is 10.0. The highest BCUT2D eigenvalue weighted by Crippen LogP contribution is 2.27. The van der Waals surface area contributed by atoms with Crippen LogP contribution in [-0.4, -0.2) is 29.5 Å². The van der Waals surface area contributed by atoms with Gasteiger partial charge < -0.3 is 5.32 Å². The van der Waals surface area contributed by atoms with Crippen LogP contribution in [0.4, 0.5) is 10.1 Å². The summed E-state index contributed by atoms with van der Waals surface area (Å²) in [6, 6.07) is 13.3. The third-order valence-electron chi connectivity index (χ3n) is 4.15. The zero-order valence-electron chi connectivity index (χ0n) is 12.6. The monoisotopic (exact) mass is 315 g/mol. The first-order valence-corrected chi connectivity index (χ1v) is 7.57. The summed E-state index contributed by atoms with van der Waals surface area (Å²) >= 11 is 0. The van der Waals surface area contributed by atoms with Crippen LogP contribution in [0.15, 0.2) is 48.5 Å². The molecule has 1 atom stereocenters. The first-order valence-electron chi connectivity index (χ1n) is 7.57. The molecule has 1 aliphatic heterocycles. The highest BCUT2D eigenvalue weighted by molar-refractivity contribution is 5.40. The minimum atomic E-state index is -0.352. The average molecular weight is 315 g/mol. The lowest BCUT2D eigenvalue weighted by Crippen LogP contribution is -2.45. The van der Waals surface area contributed by atoms with Crippen LogP contribution in [0.3, 0.4) is 0 Å². The molecule has 0 radical (unpaired) electrons. The van der Waals surface area contributed by atoms with E-state index in [2.05, 4.69) is 10.2 Å². The van der Waals surface area contributed by atoms with E-state index in [4.69, 9.17) is 0 Å². The minimum Gasteiger partial charge on any atom is -0.314 e. The van der Waals surface area contributed by atoms with Crippen molar-refractivity contribution in [3.63, 3.8) is 0 Å². The molecular formula is C17H18FN3O2. The molecule has 5 nitrogen and oxygen atoms in total. The number of piperazine rings is 1. The average Bonchev–Trinajstić information content (AvgIpc) is 2.56. The van der Waals surface area contributed by atoms with E-state index in [1.807, 2.05) is 12.1 Å². The molecule has 2 aromatic carbocycles. The van der Waals surface area contributed by atoms with Crippen molar-refractivity contribution in [1.29, 1.82) is 0 Å². The van der Waals surface area contributed by atoms with Crippen LogP contribution in [0.2, 0.25) is 0 Å². The maximum Gasteiger partial charge on any atom is 0.273 e. The van der Waals surface area contributed by atoms with Crippen molar-refractivity contribution < 1.29 is 9.31 Å². The Hall–Kier alpha value is -2.31. The molecule has 0 bridgehead atoms. The number of nitro groups is 1. The topological polar surface area (TPSA) is 58.4 Å². The largest absolute Gasteiger partial charge is 0.314 e. The molecule has 0 aliphatic carbocycles. The van der Waals surface area contributed by atoms with Crippen molar-refractivity contribution >= 4 is 5.69 Å². The van der Waals surface area contributed by atoms with Crippen LogP contribution in [0.5, 0.6) is 0 Å². The van der Waals surface area contributed by atoms with E-state index >= 15 is 0 Å². The molecule has 1 aliphatic rings. The van der Waals surface area contributed by atoms with Crippen LogP contribution in [-0.2, 0) is 6.54 Å². The molecule has 1 N–H and O–H groups in total. The Morgan fingerprint density at radius 3 is 2.87 bits per heavy atom. The van der Waals surface area contributed by atoms with E-state index in [1.54, 1.807) is 18.2 Å². The fourth-order valence-electron chi connectivity index (χ4n) is 3.02. The van der Waals surface area contributed by atoms with Crippen molar-refractivity contribution in [3.05, 3.63) is 75.6 Å². The SMILES string of the molecule is O=[N+]([O-])c1ccccc1CN1CCNCC1c1cccc(F)c1. The van der Waals surface area contributed by atoms with Gasteiger partial charge in [-0.25, -0.2) is 4.39 Å². The smallest absolute Gasteiger partial charge is 0.273 e. The summed E-state index contributed by atoms with van der Waals surface area (Å²) in [5.74, 6) is -0.265. The van der Waals surface area contributed by atoms with Gasteiger partial charge in [-0.05, 0) is 17.7 Å². The van der Waals surface area contributed by atoms with E-state index in [1.165, 1.54) is 18.2 Å². The van der Waals surface area contributed by atoms with Crippen molar-refractivity contribution in [2.24, 2.45) is 0 Å². The van der Waals surface area contributed by atoms with E-state index in [9.17, 15) is 14.5 Å². The molecule has 0 amide bonds. The second-order valence-corrected chi connectivity index (χ2v) is 5.63. The van der Waals surface area contributed by atoms with Gasteiger partial charge in [0.2, 0.25) is 0 Å². The number of hydrogen-bond acceptors (Lipinski definition) is 4.